The van der Waals surface area contributed by atoms with Crippen LogP contribution in [0.15, 0.2) is 18.2 Å². The molecule has 0 spiro atoms. The number of hydrogen-bond donors (Lipinski definition) is 2. The van der Waals surface area contributed by atoms with E-state index in [0.717, 1.165) is 24.1 Å². The molecule has 4 rings (SSSR count). The topological polar surface area (TPSA) is 80.4 Å². The lowest BCUT2D eigenvalue weighted by atomic mass is 9.94. The number of aromatic amines is 1. The Morgan fingerprint density at radius 1 is 1.17 bits per heavy atom. The first-order valence-corrected chi connectivity index (χ1v) is 8.09. The van der Waals surface area contributed by atoms with E-state index in [2.05, 4.69) is 10.3 Å². The molecule has 0 atom stereocenters. The van der Waals surface area contributed by atoms with E-state index in [-0.39, 0.29) is 11.7 Å². The van der Waals surface area contributed by atoms with Crippen LogP contribution in [0.2, 0.25) is 0 Å². The minimum Gasteiger partial charge on any atom is -0.486 e. The van der Waals surface area contributed by atoms with Gasteiger partial charge in [-0.3, -0.25) is 9.59 Å². The van der Waals surface area contributed by atoms with Crippen LogP contribution >= 0.6 is 0 Å². The number of nitrogens with one attached hydrogen (secondary N) is 2. The number of benzene rings is 1. The third kappa shape index (κ3) is 2.44. The van der Waals surface area contributed by atoms with Gasteiger partial charge in [0.05, 0.1) is 0 Å². The molecule has 124 valence electrons. The van der Waals surface area contributed by atoms with E-state index in [4.69, 9.17) is 9.47 Å². The molecule has 1 aliphatic carbocycles. The third-order valence-corrected chi connectivity index (χ3v) is 4.46. The third-order valence-electron chi connectivity index (χ3n) is 4.46. The van der Waals surface area contributed by atoms with Crippen LogP contribution in [0.1, 0.15) is 44.9 Å². The highest BCUT2D eigenvalue weighted by molar-refractivity contribution is 6.08. The average Bonchev–Trinajstić information content (AvgIpc) is 2.93. The number of aryl methyl sites for hydroxylation is 1. The summed E-state index contributed by atoms with van der Waals surface area (Å²) in [5, 5.41) is 2.86. The molecule has 2 aliphatic rings. The molecule has 2 heterocycles. The maximum atomic E-state index is 12.6. The molecule has 0 saturated carbocycles. The molecule has 6 heteroatoms. The van der Waals surface area contributed by atoms with Crippen molar-refractivity contribution in [3.8, 4) is 11.5 Å². The molecule has 1 amide bonds. The monoisotopic (exact) mass is 326 g/mol. The number of ketones is 1. The van der Waals surface area contributed by atoms with Gasteiger partial charge in [0.2, 0.25) is 0 Å². The number of Topliss-reactive ketones (excluding diaryl/α,β-unsaturated/α-hetero) is 1. The largest absolute Gasteiger partial charge is 0.486 e. The van der Waals surface area contributed by atoms with E-state index in [9.17, 15) is 9.59 Å². The Bertz CT molecular complexity index is 838. The standard InChI is InChI=1S/C18H18N2O4/c1-10-16-12(3-2-4-13(16)21)20-17(10)18(22)19-11-5-6-14-15(9-11)24-8-7-23-14/h5-6,9,20H,2-4,7-8H2,1H3,(H,19,22). The Morgan fingerprint density at radius 2 is 1.96 bits per heavy atom. The van der Waals surface area contributed by atoms with Crippen molar-refractivity contribution in [3.05, 3.63) is 40.7 Å². The minimum absolute atomic E-state index is 0.114. The number of anilines is 1. The summed E-state index contributed by atoms with van der Waals surface area (Å²) >= 11 is 0. The van der Waals surface area contributed by atoms with Gasteiger partial charge in [0.1, 0.15) is 18.9 Å². The molecule has 2 aromatic rings. The zero-order chi connectivity index (χ0) is 16.7. The Balaban J connectivity index is 1.60. The number of rotatable bonds is 2. The average molecular weight is 326 g/mol. The molecule has 0 unspecified atom stereocenters. The highest BCUT2D eigenvalue weighted by Crippen LogP contribution is 2.33. The SMILES string of the molecule is Cc1c(C(=O)Nc2ccc3c(c2)OCCO3)[nH]c2c1C(=O)CCC2. The first-order valence-electron chi connectivity index (χ1n) is 8.09. The summed E-state index contributed by atoms with van der Waals surface area (Å²) in [5.74, 6) is 1.16. The first kappa shape index (κ1) is 14.8. The summed E-state index contributed by atoms with van der Waals surface area (Å²) in [4.78, 5) is 27.8. The normalized spacial score (nSPS) is 15.8. The van der Waals surface area contributed by atoms with Crippen molar-refractivity contribution in [3.63, 3.8) is 0 Å². The zero-order valence-electron chi connectivity index (χ0n) is 13.4. The van der Waals surface area contributed by atoms with Crippen LogP contribution in [-0.4, -0.2) is 29.9 Å². The van der Waals surface area contributed by atoms with E-state index in [0.29, 0.717) is 48.1 Å². The molecule has 1 aliphatic heterocycles. The summed E-state index contributed by atoms with van der Waals surface area (Å²) in [6.45, 7) is 2.84. The number of carbonyl (C=O) groups is 2. The van der Waals surface area contributed by atoms with E-state index in [1.807, 2.05) is 6.92 Å². The number of ether oxygens (including phenoxy) is 2. The van der Waals surface area contributed by atoms with E-state index in [1.165, 1.54) is 0 Å². The van der Waals surface area contributed by atoms with Gasteiger partial charge in [0.15, 0.2) is 17.3 Å². The van der Waals surface area contributed by atoms with Gasteiger partial charge in [-0.15, -0.1) is 0 Å². The zero-order valence-corrected chi connectivity index (χ0v) is 13.4. The van der Waals surface area contributed by atoms with E-state index >= 15 is 0 Å². The van der Waals surface area contributed by atoms with Gasteiger partial charge < -0.3 is 19.8 Å². The highest BCUT2D eigenvalue weighted by Gasteiger charge is 2.26. The predicted octanol–water partition coefficient (Wildman–Crippen LogP) is 2.87. The van der Waals surface area contributed by atoms with Gasteiger partial charge in [-0.2, -0.15) is 0 Å². The maximum Gasteiger partial charge on any atom is 0.272 e. The van der Waals surface area contributed by atoms with E-state index < -0.39 is 0 Å². The van der Waals surface area contributed by atoms with Crippen LogP contribution in [-0.2, 0) is 6.42 Å². The van der Waals surface area contributed by atoms with Gasteiger partial charge in [0, 0.05) is 29.4 Å². The Labute approximate surface area is 139 Å². The van der Waals surface area contributed by atoms with Gasteiger partial charge >= 0.3 is 0 Å². The van der Waals surface area contributed by atoms with Crippen molar-refractivity contribution in [2.24, 2.45) is 0 Å². The van der Waals surface area contributed by atoms with Crippen molar-refractivity contribution in [1.29, 1.82) is 0 Å². The molecule has 2 N–H and O–H groups in total. The van der Waals surface area contributed by atoms with Crippen LogP contribution < -0.4 is 14.8 Å². The van der Waals surface area contributed by atoms with Crippen LogP contribution in [0.5, 0.6) is 11.5 Å². The molecule has 0 radical (unpaired) electrons. The molecule has 6 nitrogen and oxygen atoms in total. The number of H-pyrrole nitrogens is 1. The number of amides is 1. The molecule has 1 aromatic carbocycles. The van der Waals surface area contributed by atoms with E-state index in [1.54, 1.807) is 18.2 Å². The summed E-state index contributed by atoms with van der Waals surface area (Å²) in [6.07, 6.45) is 2.18. The van der Waals surface area contributed by atoms with Crippen molar-refractivity contribution in [1.82, 2.24) is 4.98 Å². The van der Waals surface area contributed by atoms with Crippen molar-refractivity contribution >= 4 is 17.4 Å². The number of fused-ring (bicyclic) bond motifs is 2. The first-order chi connectivity index (χ1) is 11.6. The molecule has 24 heavy (non-hydrogen) atoms. The summed E-state index contributed by atoms with van der Waals surface area (Å²) in [6, 6.07) is 5.30. The second-order valence-electron chi connectivity index (χ2n) is 6.07. The van der Waals surface area contributed by atoms with Crippen LogP contribution in [0.4, 0.5) is 5.69 Å². The quantitative estimate of drug-likeness (QED) is 0.889. The predicted molar refractivity (Wildman–Crippen MR) is 88.2 cm³/mol. The fraction of sp³-hybridized carbons (Fsp3) is 0.333. The second kappa shape index (κ2) is 5.70. The Morgan fingerprint density at radius 3 is 2.75 bits per heavy atom. The van der Waals surface area contributed by atoms with Crippen molar-refractivity contribution in [2.45, 2.75) is 26.2 Å². The van der Waals surface area contributed by atoms with Crippen LogP contribution in [0, 0.1) is 6.92 Å². The van der Waals surface area contributed by atoms with Crippen LogP contribution in [0.3, 0.4) is 0 Å². The fourth-order valence-electron chi connectivity index (χ4n) is 3.32. The second-order valence-corrected chi connectivity index (χ2v) is 6.07. The van der Waals surface area contributed by atoms with Crippen molar-refractivity contribution < 1.29 is 19.1 Å². The molecular weight excluding hydrogens is 308 g/mol. The summed E-state index contributed by atoms with van der Waals surface area (Å²) < 4.78 is 11.0. The van der Waals surface area contributed by atoms with Gasteiger partial charge in [-0.1, -0.05) is 0 Å². The maximum absolute atomic E-state index is 12.6. The lowest BCUT2D eigenvalue weighted by Gasteiger charge is -2.19. The summed E-state index contributed by atoms with van der Waals surface area (Å²) in [7, 11) is 0. The molecule has 0 saturated heterocycles. The number of carbonyl (C=O) groups excluding carboxylic acids is 2. The summed E-state index contributed by atoms with van der Waals surface area (Å²) in [5.41, 5.74) is 3.36. The molecule has 0 fully saturated rings. The molecule has 0 bridgehead atoms. The lowest BCUT2D eigenvalue weighted by Crippen LogP contribution is -2.17. The number of hydrogen-bond acceptors (Lipinski definition) is 4. The lowest BCUT2D eigenvalue weighted by molar-refractivity contribution is 0.0971. The highest BCUT2D eigenvalue weighted by atomic mass is 16.6. The minimum atomic E-state index is -0.258. The van der Waals surface area contributed by atoms with Gasteiger partial charge in [-0.05, 0) is 37.5 Å². The number of aromatic nitrogens is 1. The van der Waals surface area contributed by atoms with Gasteiger partial charge in [-0.25, -0.2) is 0 Å². The molecule has 1 aromatic heterocycles. The Hall–Kier alpha value is -2.76. The molecular formula is C18H18N2O4. The smallest absolute Gasteiger partial charge is 0.272 e. The van der Waals surface area contributed by atoms with Gasteiger partial charge in [0.25, 0.3) is 5.91 Å². The fourth-order valence-corrected chi connectivity index (χ4v) is 3.32. The van der Waals surface area contributed by atoms with Crippen LogP contribution in [0.25, 0.3) is 0 Å². The Kier molecular flexibility index (Phi) is 3.52. The van der Waals surface area contributed by atoms with Crippen molar-refractivity contribution in [2.75, 3.05) is 18.5 Å².